The SMILES string of the molecule is CN1CCC(N2C[C@@H]3C[C@H]2C(=O)NC[C@H]2O[C@H](CCOc4cc(-c5ccc(S(N)(=O)=O)cc5)ccc4C(=O)N3)CC[C@@H]2O)CC1. The van der Waals surface area contributed by atoms with Gasteiger partial charge in [-0.05, 0) is 87.6 Å². The number of hydrogen-bond donors (Lipinski definition) is 4. The standard InChI is InChI=1S/C32H43N5O7S/c1-36-13-10-23(11-14-36)37-19-22-17-27(37)32(40)34-18-30-28(38)9-5-24(44-30)12-15-43-29-16-21(4-8-26(29)31(39)35-22)20-2-6-25(7-3-20)45(33,41)42/h2-4,6-8,16,22-24,27-28,30,38H,5,9-15,17-19H2,1H3,(H,34,40)(H,35,39)(H2,33,41,42)/t22-,24-,27-,28-,30+/m0/s1. The zero-order chi connectivity index (χ0) is 31.7. The number of primary sulfonamides is 1. The Bertz CT molecular complexity index is 1500. The molecule has 6 rings (SSSR count). The number of hydrogen-bond acceptors (Lipinski definition) is 9. The Balaban J connectivity index is 1.29. The van der Waals surface area contributed by atoms with Crippen LogP contribution in [-0.4, -0.2) is 111 Å². The number of aliphatic hydroxyl groups is 1. The zero-order valence-electron chi connectivity index (χ0n) is 25.6. The summed E-state index contributed by atoms with van der Waals surface area (Å²) in [6.07, 6.45) is 2.81. The molecule has 4 aliphatic heterocycles. The topological polar surface area (TPSA) is 164 Å². The summed E-state index contributed by atoms with van der Waals surface area (Å²) < 4.78 is 35.9. The Morgan fingerprint density at radius 2 is 1.71 bits per heavy atom. The van der Waals surface area contributed by atoms with Gasteiger partial charge in [-0.3, -0.25) is 14.5 Å². The molecule has 0 spiro atoms. The van der Waals surface area contributed by atoms with Crippen molar-refractivity contribution in [3.63, 3.8) is 0 Å². The molecule has 12 nitrogen and oxygen atoms in total. The molecule has 45 heavy (non-hydrogen) atoms. The van der Waals surface area contributed by atoms with E-state index in [0.717, 1.165) is 37.1 Å². The van der Waals surface area contributed by atoms with Crippen molar-refractivity contribution in [1.29, 1.82) is 0 Å². The number of rotatable bonds is 3. The largest absolute Gasteiger partial charge is 0.493 e. The summed E-state index contributed by atoms with van der Waals surface area (Å²) in [6, 6.07) is 11.1. The quantitative estimate of drug-likeness (QED) is 0.384. The number of benzene rings is 2. The number of nitrogens with two attached hydrogens (primary N) is 1. The van der Waals surface area contributed by atoms with E-state index in [2.05, 4.69) is 27.5 Å². The van der Waals surface area contributed by atoms with Crippen LogP contribution < -0.4 is 20.5 Å². The summed E-state index contributed by atoms with van der Waals surface area (Å²) in [7, 11) is -1.72. The normalized spacial score (nSPS) is 29.4. The third-order valence-corrected chi connectivity index (χ3v) is 10.6. The number of sulfonamides is 1. The van der Waals surface area contributed by atoms with Gasteiger partial charge in [0.05, 0.1) is 35.3 Å². The maximum atomic E-state index is 13.8. The fraction of sp³-hybridized carbons (Fsp3) is 0.562. The molecule has 0 aliphatic carbocycles. The Kier molecular flexibility index (Phi) is 9.46. The van der Waals surface area contributed by atoms with E-state index in [-0.39, 0.29) is 48.0 Å². The van der Waals surface area contributed by atoms with Gasteiger partial charge in [-0.1, -0.05) is 18.2 Å². The van der Waals surface area contributed by atoms with Crippen LogP contribution >= 0.6 is 0 Å². The number of aliphatic hydroxyl groups excluding tert-OH is 1. The van der Waals surface area contributed by atoms with E-state index in [9.17, 15) is 23.1 Å². The van der Waals surface area contributed by atoms with Crippen LogP contribution in [0.4, 0.5) is 0 Å². The summed E-state index contributed by atoms with van der Waals surface area (Å²) in [4.78, 5) is 31.9. The molecule has 4 aliphatic rings. The summed E-state index contributed by atoms with van der Waals surface area (Å²) in [5, 5.41) is 22.2. The molecule has 13 heteroatoms. The van der Waals surface area contributed by atoms with Gasteiger partial charge >= 0.3 is 0 Å². The van der Waals surface area contributed by atoms with Crippen molar-refractivity contribution >= 4 is 21.8 Å². The fourth-order valence-electron chi connectivity index (χ4n) is 7.03. The lowest BCUT2D eigenvalue weighted by molar-refractivity contribution is -0.134. The first kappa shape index (κ1) is 31.9. The average Bonchev–Trinajstić information content (AvgIpc) is 3.44. The molecule has 4 bridgehead atoms. The van der Waals surface area contributed by atoms with Crippen LogP contribution in [0.15, 0.2) is 47.4 Å². The second-order valence-corrected chi connectivity index (χ2v) is 14.3. The van der Waals surface area contributed by atoms with Crippen molar-refractivity contribution in [2.45, 2.75) is 79.9 Å². The molecule has 0 unspecified atom stereocenters. The van der Waals surface area contributed by atoms with Crippen molar-refractivity contribution in [3.8, 4) is 16.9 Å². The van der Waals surface area contributed by atoms with E-state index in [1.807, 2.05) is 0 Å². The number of nitrogens with one attached hydrogen (secondary N) is 2. The van der Waals surface area contributed by atoms with E-state index in [4.69, 9.17) is 14.6 Å². The van der Waals surface area contributed by atoms with Crippen LogP contribution in [0.5, 0.6) is 5.75 Å². The Hall–Kier alpha value is -3.07. The van der Waals surface area contributed by atoms with Gasteiger partial charge in [-0.25, -0.2) is 13.6 Å². The van der Waals surface area contributed by atoms with Crippen molar-refractivity contribution in [2.75, 3.05) is 39.8 Å². The minimum atomic E-state index is -3.82. The first-order valence-corrected chi connectivity index (χ1v) is 17.4. The minimum Gasteiger partial charge on any atom is -0.493 e. The molecule has 0 saturated carbocycles. The van der Waals surface area contributed by atoms with Crippen molar-refractivity contribution < 1.29 is 32.6 Å². The number of carbonyl (C=O) groups excluding carboxylic acids is 2. The van der Waals surface area contributed by atoms with E-state index in [1.54, 1.807) is 30.3 Å². The highest BCUT2D eigenvalue weighted by Crippen LogP contribution is 2.31. The minimum absolute atomic E-state index is 0.0145. The number of ether oxygens (including phenoxy) is 2. The Morgan fingerprint density at radius 3 is 2.44 bits per heavy atom. The maximum absolute atomic E-state index is 13.8. The average molecular weight is 642 g/mol. The number of piperidine rings is 1. The van der Waals surface area contributed by atoms with Gasteiger partial charge in [0.1, 0.15) is 11.9 Å². The van der Waals surface area contributed by atoms with Gasteiger partial charge in [-0.15, -0.1) is 0 Å². The lowest BCUT2D eigenvalue weighted by Gasteiger charge is -2.38. The zero-order valence-corrected chi connectivity index (χ0v) is 26.4. The summed E-state index contributed by atoms with van der Waals surface area (Å²) in [6.45, 7) is 2.97. The highest BCUT2D eigenvalue weighted by molar-refractivity contribution is 7.89. The summed E-state index contributed by atoms with van der Waals surface area (Å²) in [5.74, 6) is 0.0247. The van der Waals surface area contributed by atoms with E-state index >= 15 is 0 Å². The van der Waals surface area contributed by atoms with Gasteiger partial charge in [0.25, 0.3) is 5.91 Å². The number of fused-ring (bicyclic) bond motifs is 5. The second kappa shape index (κ2) is 13.3. The van der Waals surface area contributed by atoms with Gasteiger partial charge in [-0.2, -0.15) is 0 Å². The van der Waals surface area contributed by atoms with Crippen LogP contribution in [0.25, 0.3) is 11.1 Å². The van der Waals surface area contributed by atoms with Crippen molar-refractivity contribution in [2.24, 2.45) is 5.14 Å². The fourth-order valence-corrected chi connectivity index (χ4v) is 7.54. The molecule has 0 aromatic heterocycles. The molecule has 5 atom stereocenters. The third kappa shape index (κ3) is 7.34. The van der Waals surface area contributed by atoms with Gasteiger partial charge < -0.3 is 30.1 Å². The number of nitrogens with zero attached hydrogens (tertiary/aromatic N) is 2. The number of amides is 2. The molecule has 2 aromatic carbocycles. The van der Waals surface area contributed by atoms with Crippen LogP contribution in [0.1, 0.15) is 48.9 Å². The molecule has 3 fully saturated rings. The molecule has 3 saturated heterocycles. The summed E-state index contributed by atoms with van der Waals surface area (Å²) >= 11 is 0. The highest BCUT2D eigenvalue weighted by Gasteiger charge is 2.42. The number of likely N-dealkylation sites (tertiary alicyclic amines) is 2. The lowest BCUT2D eigenvalue weighted by atomic mass is 9.99. The first-order valence-electron chi connectivity index (χ1n) is 15.8. The molecule has 4 heterocycles. The van der Waals surface area contributed by atoms with Crippen molar-refractivity contribution in [1.82, 2.24) is 20.4 Å². The van der Waals surface area contributed by atoms with Crippen LogP contribution in [0.3, 0.4) is 0 Å². The van der Waals surface area contributed by atoms with Crippen LogP contribution in [0.2, 0.25) is 0 Å². The third-order valence-electron chi connectivity index (χ3n) is 9.63. The van der Waals surface area contributed by atoms with E-state index in [0.29, 0.717) is 43.5 Å². The Labute approximate surface area is 264 Å². The number of carbonyl (C=O) groups is 2. The van der Waals surface area contributed by atoms with Crippen LogP contribution in [0, 0.1) is 0 Å². The molecule has 5 N–H and O–H groups in total. The predicted molar refractivity (Wildman–Crippen MR) is 167 cm³/mol. The van der Waals surface area contributed by atoms with Crippen LogP contribution in [-0.2, 0) is 19.6 Å². The first-order chi connectivity index (χ1) is 21.5. The van der Waals surface area contributed by atoms with E-state index in [1.165, 1.54) is 12.1 Å². The molecule has 244 valence electrons. The van der Waals surface area contributed by atoms with Gasteiger partial charge in [0, 0.05) is 31.6 Å². The van der Waals surface area contributed by atoms with Crippen molar-refractivity contribution in [3.05, 3.63) is 48.0 Å². The molecule has 2 amide bonds. The smallest absolute Gasteiger partial charge is 0.255 e. The molecule has 2 aromatic rings. The second-order valence-electron chi connectivity index (χ2n) is 12.8. The Morgan fingerprint density at radius 1 is 0.978 bits per heavy atom. The molecule has 0 radical (unpaired) electrons. The summed E-state index contributed by atoms with van der Waals surface area (Å²) in [5.41, 5.74) is 1.87. The van der Waals surface area contributed by atoms with E-state index < -0.39 is 28.3 Å². The predicted octanol–water partition coefficient (Wildman–Crippen LogP) is 1.08. The maximum Gasteiger partial charge on any atom is 0.255 e. The van der Waals surface area contributed by atoms with Gasteiger partial charge in [0.15, 0.2) is 0 Å². The molecular formula is C32H43N5O7S. The van der Waals surface area contributed by atoms with Gasteiger partial charge in [0.2, 0.25) is 15.9 Å². The molecular weight excluding hydrogens is 598 g/mol. The lowest BCUT2D eigenvalue weighted by Crippen LogP contribution is -2.53. The monoisotopic (exact) mass is 641 g/mol. The highest BCUT2D eigenvalue weighted by atomic mass is 32.2.